The lowest BCUT2D eigenvalue weighted by molar-refractivity contribution is -0.145. The van der Waals surface area contributed by atoms with Gasteiger partial charge in [-0.05, 0) is 6.26 Å². The number of esters is 1. The quantitative estimate of drug-likeness (QED) is 0.363. The number of nitrogens with zero attached hydrogens (tertiary/aromatic N) is 3. The summed E-state index contributed by atoms with van der Waals surface area (Å²) in [6, 6.07) is 1.51. The number of halogens is 1. The standard InChI is InChI=1S/C11H12ClN3O3S/c1-18-10(17)6-3-9(16)15(5-6)8-4-7(12)13-11(14-8)19-2/h4,6H,3,5H2,1-2H3. The van der Waals surface area contributed by atoms with E-state index >= 15 is 0 Å². The molecule has 0 aromatic carbocycles. The molecule has 0 N–H and O–H groups in total. The molecule has 1 aromatic rings. The monoisotopic (exact) mass is 301 g/mol. The second kappa shape index (κ2) is 5.75. The Morgan fingerprint density at radius 1 is 1.58 bits per heavy atom. The molecule has 1 aromatic heterocycles. The average molecular weight is 302 g/mol. The van der Waals surface area contributed by atoms with Crippen molar-refractivity contribution in [3.63, 3.8) is 0 Å². The normalized spacial score (nSPS) is 18.8. The van der Waals surface area contributed by atoms with Gasteiger partial charge in [-0.2, -0.15) is 0 Å². The van der Waals surface area contributed by atoms with E-state index in [1.807, 2.05) is 6.26 Å². The number of hydrogen-bond acceptors (Lipinski definition) is 6. The number of thioether (sulfide) groups is 1. The highest BCUT2D eigenvalue weighted by atomic mass is 35.5. The number of amides is 1. The maximum atomic E-state index is 11.9. The number of methoxy groups -OCH3 is 1. The SMILES string of the molecule is COC(=O)C1CC(=O)N(c2cc(Cl)nc(SC)n2)C1. The van der Waals surface area contributed by atoms with Gasteiger partial charge in [0.2, 0.25) is 5.91 Å². The summed E-state index contributed by atoms with van der Waals surface area (Å²) in [6.07, 6.45) is 1.95. The van der Waals surface area contributed by atoms with Gasteiger partial charge >= 0.3 is 5.97 Å². The molecule has 0 aliphatic carbocycles. The lowest BCUT2D eigenvalue weighted by Gasteiger charge is -2.15. The minimum absolute atomic E-state index is 0.128. The van der Waals surface area contributed by atoms with Gasteiger partial charge in [-0.1, -0.05) is 23.4 Å². The fraction of sp³-hybridized carbons (Fsp3) is 0.455. The highest BCUT2D eigenvalue weighted by Gasteiger charge is 2.36. The molecule has 0 saturated carbocycles. The molecule has 1 aliphatic heterocycles. The van der Waals surface area contributed by atoms with Crippen molar-refractivity contribution >= 4 is 41.1 Å². The van der Waals surface area contributed by atoms with Crippen LogP contribution in [0.4, 0.5) is 5.82 Å². The number of carbonyl (C=O) groups excluding carboxylic acids is 2. The number of rotatable bonds is 3. The highest BCUT2D eigenvalue weighted by Crippen LogP contribution is 2.27. The third-order valence-electron chi connectivity index (χ3n) is 2.78. The van der Waals surface area contributed by atoms with Crippen LogP contribution in [0.3, 0.4) is 0 Å². The summed E-state index contributed by atoms with van der Waals surface area (Å²) in [5.41, 5.74) is 0. The van der Waals surface area contributed by atoms with Crippen molar-refractivity contribution < 1.29 is 14.3 Å². The summed E-state index contributed by atoms with van der Waals surface area (Å²) in [7, 11) is 1.31. The molecule has 2 rings (SSSR count). The topological polar surface area (TPSA) is 72.4 Å². The van der Waals surface area contributed by atoms with Gasteiger partial charge in [-0.25, -0.2) is 9.97 Å². The van der Waals surface area contributed by atoms with E-state index in [-0.39, 0.29) is 30.0 Å². The van der Waals surface area contributed by atoms with E-state index in [4.69, 9.17) is 11.6 Å². The van der Waals surface area contributed by atoms with Crippen LogP contribution in [0.2, 0.25) is 5.15 Å². The Morgan fingerprint density at radius 2 is 2.32 bits per heavy atom. The molecule has 0 spiro atoms. The van der Waals surface area contributed by atoms with Crippen molar-refractivity contribution in [1.82, 2.24) is 9.97 Å². The number of anilines is 1. The molecule has 102 valence electrons. The van der Waals surface area contributed by atoms with E-state index in [0.29, 0.717) is 11.0 Å². The van der Waals surface area contributed by atoms with E-state index in [9.17, 15) is 9.59 Å². The first kappa shape index (κ1) is 14.1. The molecule has 8 heteroatoms. The molecular weight excluding hydrogens is 290 g/mol. The van der Waals surface area contributed by atoms with Crippen LogP contribution in [-0.4, -0.2) is 41.8 Å². The molecule has 6 nitrogen and oxygen atoms in total. The number of ether oxygens (including phenoxy) is 1. The van der Waals surface area contributed by atoms with Gasteiger partial charge in [-0.15, -0.1) is 0 Å². The zero-order chi connectivity index (χ0) is 14.0. The molecule has 2 heterocycles. The van der Waals surface area contributed by atoms with E-state index in [0.717, 1.165) is 0 Å². The van der Waals surface area contributed by atoms with Crippen LogP contribution < -0.4 is 4.90 Å². The zero-order valence-corrected chi connectivity index (χ0v) is 12.0. The summed E-state index contributed by atoms with van der Waals surface area (Å²) in [5.74, 6) is -0.594. The highest BCUT2D eigenvalue weighted by molar-refractivity contribution is 7.98. The molecule has 1 saturated heterocycles. The molecule has 19 heavy (non-hydrogen) atoms. The van der Waals surface area contributed by atoms with Crippen LogP contribution in [0.1, 0.15) is 6.42 Å². The van der Waals surface area contributed by atoms with Crippen molar-refractivity contribution in [2.24, 2.45) is 5.92 Å². The van der Waals surface area contributed by atoms with Gasteiger partial charge < -0.3 is 4.74 Å². The lowest BCUT2D eigenvalue weighted by atomic mass is 10.1. The largest absolute Gasteiger partial charge is 0.469 e. The van der Waals surface area contributed by atoms with Crippen molar-refractivity contribution in [3.05, 3.63) is 11.2 Å². The fourth-order valence-corrected chi connectivity index (χ4v) is 2.47. The number of carbonyl (C=O) groups is 2. The Bertz CT molecular complexity index is 526. The Labute approximate surface area is 119 Å². The third-order valence-corrected chi connectivity index (χ3v) is 3.52. The maximum absolute atomic E-state index is 11.9. The van der Waals surface area contributed by atoms with Crippen LogP contribution in [0.15, 0.2) is 11.2 Å². The molecule has 1 atom stereocenters. The van der Waals surface area contributed by atoms with Crippen LogP contribution in [-0.2, 0) is 14.3 Å². The Hall–Kier alpha value is -1.34. The summed E-state index contributed by atoms with van der Waals surface area (Å²) in [5, 5.41) is 0.750. The minimum atomic E-state index is -0.455. The van der Waals surface area contributed by atoms with E-state index in [1.54, 1.807) is 0 Å². The molecule has 1 aliphatic rings. The Kier molecular flexibility index (Phi) is 4.26. The van der Waals surface area contributed by atoms with Crippen LogP contribution >= 0.6 is 23.4 Å². The predicted molar refractivity (Wildman–Crippen MR) is 71.3 cm³/mol. The summed E-state index contributed by atoms with van der Waals surface area (Å²) in [4.78, 5) is 33.1. The Morgan fingerprint density at radius 3 is 2.95 bits per heavy atom. The number of hydrogen-bond donors (Lipinski definition) is 0. The van der Waals surface area contributed by atoms with Crippen molar-refractivity contribution in [2.75, 3.05) is 24.8 Å². The third kappa shape index (κ3) is 2.98. The first-order chi connectivity index (χ1) is 9.05. The van der Waals surface area contributed by atoms with E-state index < -0.39 is 5.92 Å². The van der Waals surface area contributed by atoms with Gasteiger partial charge in [0.05, 0.1) is 13.0 Å². The summed E-state index contributed by atoms with van der Waals surface area (Å²) >= 11 is 7.22. The molecule has 0 bridgehead atoms. The van der Waals surface area contributed by atoms with Crippen LogP contribution in [0.25, 0.3) is 0 Å². The summed E-state index contributed by atoms with van der Waals surface area (Å²) < 4.78 is 4.65. The zero-order valence-electron chi connectivity index (χ0n) is 10.4. The van der Waals surface area contributed by atoms with Gasteiger partial charge in [0.15, 0.2) is 5.16 Å². The van der Waals surface area contributed by atoms with E-state index in [1.165, 1.54) is 29.8 Å². The molecule has 1 fully saturated rings. The predicted octanol–water partition coefficient (Wildman–Crippen LogP) is 1.38. The first-order valence-corrected chi connectivity index (χ1v) is 7.12. The van der Waals surface area contributed by atoms with Crippen molar-refractivity contribution in [1.29, 1.82) is 0 Å². The van der Waals surface area contributed by atoms with Crippen LogP contribution in [0.5, 0.6) is 0 Å². The van der Waals surface area contributed by atoms with Gasteiger partial charge in [0.25, 0.3) is 0 Å². The van der Waals surface area contributed by atoms with Gasteiger partial charge in [0.1, 0.15) is 11.0 Å². The number of aromatic nitrogens is 2. The lowest BCUT2D eigenvalue weighted by Crippen LogP contribution is -2.27. The molecule has 0 radical (unpaired) electrons. The molecular formula is C11H12ClN3O3S. The second-order valence-corrected chi connectivity index (χ2v) is 5.12. The van der Waals surface area contributed by atoms with Crippen molar-refractivity contribution in [3.8, 4) is 0 Å². The second-order valence-electron chi connectivity index (χ2n) is 3.96. The van der Waals surface area contributed by atoms with Crippen LogP contribution in [0, 0.1) is 5.92 Å². The minimum Gasteiger partial charge on any atom is -0.469 e. The molecule has 1 amide bonds. The average Bonchev–Trinajstić information content (AvgIpc) is 2.79. The van der Waals surface area contributed by atoms with Gasteiger partial charge in [-0.3, -0.25) is 14.5 Å². The Balaban J connectivity index is 2.25. The fourth-order valence-electron chi connectivity index (χ4n) is 1.87. The smallest absolute Gasteiger partial charge is 0.311 e. The summed E-state index contributed by atoms with van der Waals surface area (Å²) in [6.45, 7) is 0.257. The molecule has 1 unspecified atom stereocenters. The first-order valence-electron chi connectivity index (χ1n) is 5.52. The van der Waals surface area contributed by atoms with E-state index in [2.05, 4.69) is 14.7 Å². The van der Waals surface area contributed by atoms with Gasteiger partial charge in [0, 0.05) is 19.0 Å². The maximum Gasteiger partial charge on any atom is 0.311 e. The van der Waals surface area contributed by atoms with Crippen molar-refractivity contribution in [2.45, 2.75) is 11.6 Å².